The Labute approximate surface area is 224 Å². The number of hydrogen-bond acceptors (Lipinski definition) is 5. The predicted octanol–water partition coefficient (Wildman–Crippen LogP) is 8.08. The molecule has 0 saturated heterocycles. The zero-order valence-corrected chi connectivity index (χ0v) is 25.5. The molecule has 0 unspecified atom stereocenters. The number of unbranched alkanes of at least 4 members (excludes halogenated alkanes) is 11. The van der Waals surface area contributed by atoms with E-state index in [-0.39, 0.29) is 25.0 Å². The van der Waals surface area contributed by atoms with E-state index in [1.54, 1.807) is 7.11 Å². The summed E-state index contributed by atoms with van der Waals surface area (Å²) in [5.41, 5.74) is -0.539. The van der Waals surface area contributed by atoms with Gasteiger partial charge < -0.3 is 19.5 Å². The Morgan fingerprint density at radius 3 is 1.69 bits per heavy atom. The Morgan fingerprint density at radius 1 is 0.806 bits per heavy atom. The van der Waals surface area contributed by atoms with Gasteiger partial charge in [0, 0.05) is 25.7 Å². The van der Waals surface area contributed by atoms with E-state index in [1.807, 2.05) is 20.8 Å². The number of rotatable bonds is 22. The molecular formula is C30H62N2O4. The Morgan fingerprint density at radius 2 is 1.28 bits per heavy atom. The quantitative estimate of drug-likeness (QED) is 0.117. The number of nitrogens with zero attached hydrogens (tertiary/aromatic N) is 1. The summed E-state index contributed by atoms with van der Waals surface area (Å²) in [6.07, 6.45) is 16.2. The van der Waals surface area contributed by atoms with E-state index in [1.165, 1.54) is 70.6 Å². The highest BCUT2D eigenvalue weighted by atomic mass is 16.7. The van der Waals surface area contributed by atoms with Gasteiger partial charge >= 0.3 is 6.09 Å². The fourth-order valence-corrected chi connectivity index (χ4v) is 4.70. The van der Waals surface area contributed by atoms with Crippen LogP contribution in [0.15, 0.2) is 0 Å². The monoisotopic (exact) mass is 514 g/mol. The number of methoxy groups -OCH3 is 1. The van der Waals surface area contributed by atoms with Crippen LogP contribution >= 0.6 is 0 Å². The lowest BCUT2D eigenvalue weighted by atomic mass is 10.0. The first-order valence-electron chi connectivity index (χ1n) is 14.9. The van der Waals surface area contributed by atoms with Gasteiger partial charge in [-0.3, -0.25) is 4.90 Å². The maximum atomic E-state index is 12.7. The largest absolute Gasteiger partial charge is 0.444 e. The van der Waals surface area contributed by atoms with Crippen LogP contribution in [0.1, 0.15) is 139 Å². The van der Waals surface area contributed by atoms with Gasteiger partial charge in [-0.1, -0.05) is 84.0 Å². The maximum Gasteiger partial charge on any atom is 0.408 e. The van der Waals surface area contributed by atoms with Gasteiger partial charge in [0.1, 0.15) is 12.4 Å². The summed E-state index contributed by atoms with van der Waals surface area (Å²) in [4.78, 5) is 15.1. The average Bonchev–Trinajstić information content (AvgIpc) is 2.77. The van der Waals surface area contributed by atoms with Crippen LogP contribution in [0.5, 0.6) is 0 Å². The Hall–Kier alpha value is -0.850. The van der Waals surface area contributed by atoms with Crippen molar-refractivity contribution in [3.05, 3.63) is 0 Å². The van der Waals surface area contributed by atoms with Crippen LogP contribution in [0.2, 0.25) is 0 Å². The van der Waals surface area contributed by atoms with Crippen molar-refractivity contribution in [2.75, 3.05) is 20.4 Å². The van der Waals surface area contributed by atoms with E-state index < -0.39 is 5.60 Å². The van der Waals surface area contributed by atoms with Crippen molar-refractivity contribution in [1.29, 1.82) is 0 Å². The third-order valence-corrected chi connectivity index (χ3v) is 6.63. The zero-order valence-electron chi connectivity index (χ0n) is 25.5. The number of carbonyl (C=O) groups excluding carboxylic acids is 1. The minimum absolute atomic E-state index is 0.124. The van der Waals surface area contributed by atoms with Gasteiger partial charge in [-0.05, 0) is 54.9 Å². The number of nitrogens with one attached hydrogen (secondary N) is 1. The van der Waals surface area contributed by atoms with Crippen LogP contribution in [0, 0.1) is 0 Å². The van der Waals surface area contributed by atoms with Gasteiger partial charge in [0.2, 0.25) is 0 Å². The second kappa shape index (κ2) is 21.1. The lowest BCUT2D eigenvalue weighted by Gasteiger charge is -2.37. The standard InChI is InChI=1S/C30H62N2O4/c1-10-11-12-13-14-15-16-17-18-19-20-21-22-28(35-24-34-9)27(23-32(25(2)3)26(4)5)31-29(33)36-30(6,7)8/h25-28H,10-24H2,1-9H3,(H,31,33)/t27-,28-/m0/s1. The molecule has 0 spiro atoms. The summed E-state index contributed by atoms with van der Waals surface area (Å²) in [6.45, 7) is 17.7. The second-order valence-electron chi connectivity index (χ2n) is 11.9. The molecule has 0 rings (SSSR count). The van der Waals surface area contributed by atoms with Crippen molar-refractivity contribution in [1.82, 2.24) is 10.2 Å². The predicted molar refractivity (Wildman–Crippen MR) is 153 cm³/mol. The van der Waals surface area contributed by atoms with Crippen LogP contribution in [-0.2, 0) is 14.2 Å². The normalized spacial score (nSPS) is 14.0. The first kappa shape index (κ1) is 35.2. The Kier molecular flexibility index (Phi) is 20.6. The number of alkyl carbamates (subject to hydrolysis) is 1. The van der Waals surface area contributed by atoms with Gasteiger partial charge in [0.05, 0.1) is 12.1 Å². The molecule has 216 valence electrons. The summed E-state index contributed by atoms with van der Waals surface area (Å²) in [6, 6.07) is 0.554. The van der Waals surface area contributed by atoms with Crippen molar-refractivity contribution in [3.8, 4) is 0 Å². The summed E-state index contributed by atoms with van der Waals surface area (Å²) in [5.74, 6) is 0. The average molecular weight is 515 g/mol. The Bertz CT molecular complexity index is 512. The molecule has 0 aromatic carbocycles. The number of hydrogen-bond donors (Lipinski definition) is 1. The molecule has 0 saturated carbocycles. The molecule has 0 aliphatic rings. The van der Waals surface area contributed by atoms with Gasteiger partial charge in [-0.15, -0.1) is 0 Å². The van der Waals surface area contributed by atoms with Crippen molar-refractivity contribution in [2.24, 2.45) is 0 Å². The molecule has 0 aromatic rings. The van der Waals surface area contributed by atoms with E-state index in [0.29, 0.717) is 18.6 Å². The van der Waals surface area contributed by atoms with E-state index in [9.17, 15) is 4.79 Å². The van der Waals surface area contributed by atoms with E-state index in [2.05, 4.69) is 44.8 Å². The van der Waals surface area contributed by atoms with Gasteiger partial charge in [-0.25, -0.2) is 4.79 Å². The van der Waals surface area contributed by atoms with Gasteiger partial charge in [-0.2, -0.15) is 0 Å². The molecule has 0 radical (unpaired) electrons. The van der Waals surface area contributed by atoms with Crippen LogP contribution in [-0.4, -0.2) is 61.3 Å². The van der Waals surface area contributed by atoms with Crippen LogP contribution in [0.4, 0.5) is 4.79 Å². The molecule has 1 N–H and O–H groups in total. The molecule has 0 heterocycles. The fraction of sp³-hybridized carbons (Fsp3) is 0.967. The smallest absolute Gasteiger partial charge is 0.408 e. The third kappa shape index (κ3) is 19.3. The molecule has 0 bridgehead atoms. The Balaban J connectivity index is 4.80. The molecule has 36 heavy (non-hydrogen) atoms. The SMILES string of the molecule is CCCCCCCCCCCCCC[C@H](OCOC)[C@H](CN(C(C)C)C(C)C)NC(=O)OC(C)(C)C. The van der Waals surface area contributed by atoms with Crippen molar-refractivity contribution < 1.29 is 19.0 Å². The molecular weight excluding hydrogens is 452 g/mol. The first-order chi connectivity index (χ1) is 17.0. The highest BCUT2D eigenvalue weighted by Gasteiger charge is 2.30. The summed E-state index contributed by atoms with van der Waals surface area (Å²) < 4.78 is 17.0. The topological polar surface area (TPSA) is 60.0 Å². The maximum absolute atomic E-state index is 12.7. The first-order valence-corrected chi connectivity index (χ1v) is 14.9. The van der Waals surface area contributed by atoms with E-state index >= 15 is 0 Å². The minimum atomic E-state index is -0.539. The fourth-order valence-electron chi connectivity index (χ4n) is 4.70. The number of amides is 1. The lowest BCUT2D eigenvalue weighted by molar-refractivity contribution is -0.0909. The van der Waals surface area contributed by atoms with Crippen LogP contribution in [0.3, 0.4) is 0 Å². The molecule has 1 amide bonds. The molecule has 6 nitrogen and oxygen atoms in total. The van der Waals surface area contributed by atoms with Gasteiger partial charge in [0.15, 0.2) is 0 Å². The summed E-state index contributed by atoms with van der Waals surface area (Å²) in [5, 5.41) is 3.13. The van der Waals surface area contributed by atoms with Crippen LogP contribution < -0.4 is 5.32 Å². The summed E-state index contributed by atoms with van der Waals surface area (Å²) >= 11 is 0. The molecule has 0 aliphatic heterocycles. The zero-order chi connectivity index (χ0) is 27.4. The third-order valence-electron chi connectivity index (χ3n) is 6.63. The highest BCUT2D eigenvalue weighted by molar-refractivity contribution is 5.68. The summed E-state index contributed by atoms with van der Waals surface area (Å²) in [7, 11) is 1.64. The van der Waals surface area contributed by atoms with Crippen molar-refractivity contribution in [3.63, 3.8) is 0 Å². The van der Waals surface area contributed by atoms with E-state index in [0.717, 1.165) is 12.8 Å². The molecule has 0 aliphatic carbocycles. The molecule has 0 fully saturated rings. The second-order valence-corrected chi connectivity index (χ2v) is 11.9. The van der Waals surface area contributed by atoms with Gasteiger partial charge in [0.25, 0.3) is 0 Å². The van der Waals surface area contributed by atoms with Crippen molar-refractivity contribution >= 4 is 6.09 Å². The minimum Gasteiger partial charge on any atom is -0.444 e. The number of ether oxygens (including phenoxy) is 3. The molecule has 2 atom stereocenters. The molecule has 0 aromatic heterocycles. The van der Waals surface area contributed by atoms with E-state index in [4.69, 9.17) is 14.2 Å². The lowest BCUT2D eigenvalue weighted by Crippen LogP contribution is -2.54. The number of carbonyl (C=O) groups is 1. The molecule has 6 heteroatoms. The highest BCUT2D eigenvalue weighted by Crippen LogP contribution is 2.18. The van der Waals surface area contributed by atoms with Crippen LogP contribution in [0.25, 0.3) is 0 Å². The van der Waals surface area contributed by atoms with Crippen molar-refractivity contribution in [2.45, 2.75) is 169 Å².